The summed E-state index contributed by atoms with van der Waals surface area (Å²) in [5, 5.41) is 0. The third-order valence-corrected chi connectivity index (χ3v) is 4.96. The van der Waals surface area contributed by atoms with Gasteiger partial charge in [-0.1, -0.05) is 15.9 Å². The number of hydrogen-bond donors (Lipinski definition) is 1. The number of ether oxygens (including phenoxy) is 3. The van der Waals surface area contributed by atoms with Crippen LogP contribution in [-0.2, 0) is 13.0 Å². The van der Waals surface area contributed by atoms with Gasteiger partial charge in [0.15, 0.2) is 11.5 Å². The van der Waals surface area contributed by atoms with Gasteiger partial charge in [-0.25, -0.2) is 0 Å². The number of quaternary nitrogens is 1. The second-order valence-electron chi connectivity index (χ2n) is 5.96. The average molecular weight is 393 g/mol. The topological polar surface area (TPSA) is 32.1 Å². The Morgan fingerprint density at radius 3 is 2.33 bits per heavy atom. The standard InChI is InChI=1S/C19H22BrNO3/c1-22-18-11-14-7-8-21(13-15(14)12-19(18)23-2)9-10-24-17-5-3-16(20)4-6-17/h3-6,11-12H,7-10,13H2,1-2H3/p+1. The third-order valence-electron chi connectivity index (χ3n) is 4.43. The number of rotatable bonds is 6. The van der Waals surface area contributed by atoms with Crippen LogP contribution in [0.15, 0.2) is 40.9 Å². The van der Waals surface area contributed by atoms with Crippen LogP contribution in [0.4, 0.5) is 0 Å². The van der Waals surface area contributed by atoms with E-state index in [1.807, 2.05) is 24.3 Å². The van der Waals surface area contributed by atoms with Crippen LogP contribution in [-0.4, -0.2) is 33.9 Å². The van der Waals surface area contributed by atoms with Crippen LogP contribution >= 0.6 is 15.9 Å². The van der Waals surface area contributed by atoms with E-state index in [1.54, 1.807) is 14.2 Å². The summed E-state index contributed by atoms with van der Waals surface area (Å²) in [6.07, 6.45) is 1.06. The van der Waals surface area contributed by atoms with E-state index in [9.17, 15) is 0 Å². The second kappa shape index (κ2) is 7.90. The van der Waals surface area contributed by atoms with Gasteiger partial charge in [0.1, 0.15) is 25.4 Å². The first kappa shape index (κ1) is 17.1. The van der Waals surface area contributed by atoms with E-state index >= 15 is 0 Å². The molecule has 0 aliphatic carbocycles. The average Bonchev–Trinajstić information content (AvgIpc) is 2.62. The van der Waals surface area contributed by atoms with Gasteiger partial charge in [-0.2, -0.15) is 0 Å². The Morgan fingerprint density at radius 1 is 1.00 bits per heavy atom. The van der Waals surface area contributed by atoms with E-state index in [0.717, 1.165) is 54.4 Å². The first-order valence-electron chi connectivity index (χ1n) is 8.15. The molecule has 2 aromatic rings. The monoisotopic (exact) mass is 392 g/mol. The lowest BCUT2D eigenvalue weighted by Gasteiger charge is -2.26. The molecule has 1 unspecified atom stereocenters. The van der Waals surface area contributed by atoms with Crippen molar-refractivity contribution < 1.29 is 19.1 Å². The molecular formula is C19H23BrNO3+. The highest BCUT2D eigenvalue weighted by Gasteiger charge is 2.22. The summed E-state index contributed by atoms with van der Waals surface area (Å²) >= 11 is 3.43. The van der Waals surface area contributed by atoms with Crippen LogP contribution in [0.25, 0.3) is 0 Å². The Balaban J connectivity index is 1.57. The molecule has 4 nitrogen and oxygen atoms in total. The molecule has 0 bridgehead atoms. The van der Waals surface area contributed by atoms with E-state index in [-0.39, 0.29) is 0 Å². The van der Waals surface area contributed by atoms with Crippen molar-refractivity contribution >= 4 is 15.9 Å². The molecule has 1 atom stereocenters. The van der Waals surface area contributed by atoms with Crippen molar-refractivity contribution in [2.75, 3.05) is 33.9 Å². The van der Waals surface area contributed by atoms with Crippen LogP contribution < -0.4 is 19.1 Å². The quantitative estimate of drug-likeness (QED) is 0.819. The number of halogens is 1. The first-order chi connectivity index (χ1) is 11.7. The predicted octanol–water partition coefficient (Wildman–Crippen LogP) is 2.49. The maximum absolute atomic E-state index is 5.85. The molecule has 0 aromatic heterocycles. The SMILES string of the molecule is COc1cc2c(cc1OC)C[NH+](CCOc1ccc(Br)cc1)CC2. The zero-order valence-corrected chi connectivity index (χ0v) is 15.7. The molecule has 128 valence electrons. The van der Waals surface area contributed by atoms with E-state index in [2.05, 4.69) is 28.1 Å². The van der Waals surface area contributed by atoms with Gasteiger partial charge in [0.05, 0.1) is 20.8 Å². The molecule has 1 aliphatic rings. The fourth-order valence-electron chi connectivity index (χ4n) is 3.09. The fourth-order valence-corrected chi connectivity index (χ4v) is 3.35. The molecule has 1 heterocycles. The normalized spacial score (nSPS) is 16.4. The summed E-state index contributed by atoms with van der Waals surface area (Å²) in [5.74, 6) is 2.54. The molecule has 0 spiro atoms. The molecule has 0 radical (unpaired) electrons. The van der Waals surface area contributed by atoms with E-state index in [1.165, 1.54) is 16.0 Å². The number of hydrogen-bond acceptors (Lipinski definition) is 3. The molecule has 24 heavy (non-hydrogen) atoms. The Hall–Kier alpha value is -1.72. The molecule has 0 fully saturated rings. The van der Waals surface area contributed by atoms with Gasteiger partial charge in [-0.15, -0.1) is 0 Å². The molecule has 0 amide bonds. The molecule has 1 aliphatic heterocycles. The van der Waals surface area contributed by atoms with Gasteiger partial charge in [-0.3, -0.25) is 0 Å². The Labute approximate surface area is 151 Å². The number of nitrogens with one attached hydrogen (secondary N) is 1. The van der Waals surface area contributed by atoms with Crippen molar-refractivity contribution in [2.24, 2.45) is 0 Å². The second-order valence-corrected chi connectivity index (χ2v) is 6.87. The number of fused-ring (bicyclic) bond motifs is 1. The first-order valence-corrected chi connectivity index (χ1v) is 8.94. The Morgan fingerprint density at radius 2 is 1.67 bits per heavy atom. The summed E-state index contributed by atoms with van der Waals surface area (Å²) in [7, 11) is 3.37. The lowest BCUT2D eigenvalue weighted by Crippen LogP contribution is -3.12. The number of methoxy groups -OCH3 is 2. The highest BCUT2D eigenvalue weighted by molar-refractivity contribution is 9.10. The number of benzene rings is 2. The van der Waals surface area contributed by atoms with Crippen LogP contribution in [0.2, 0.25) is 0 Å². The van der Waals surface area contributed by atoms with Gasteiger partial charge >= 0.3 is 0 Å². The summed E-state index contributed by atoms with van der Waals surface area (Å²) < 4.78 is 17.7. The zero-order chi connectivity index (χ0) is 16.9. The molecule has 5 heteroatoms. The van der Waals surface area contributed by atoms with Crippen molar-refractivity contribution in [1.29, 1.82) is 0 Å². The van der Waals surface area contributed by atoms with Crippen molar-refractivity contribution in [3.8, 4) is 17.2 Å². The van der Waals surface area contributed by atoms with Gasteiger partial charge in [0.2, 0.25) is 0 Å². The van der Waals surface area contributed by atoms with Gasteiger partial charge in [-0.05, 0) is 42.0 Å². The minimum Gasteiger partial charge on any atom is -0.493 e. The van der Waals surface area contributed by atoms with E-state index in [4.69, 9.17) is 14.2 Å². The summed E-state index contributed by atoms with van der Waals surface area (Å²) in [5.41, 5.74) is 2.71. The molecule has 3 rings (SSSR count). The van der Waals surface area contributed by atoms with Crippen molar-refractivity contribution in [2.45, 2.75) is 13.0 Å². The van der Waals surface area contributed by atoms with Crippen LogP contribution in [0.1, 0.15) is 11.1 Å². The van der Waals surface area contributed by atoms with E-state index < -0.39 is 0 Å². The van der Waals surface area contributed by atoms with Crippen LogP contribution in [0.3, 0.4) is 0 Å². The van der Waals surface area contributed by atoms with E-state index in [0.29, 0.717) is 0 Å². The van der Waals surface area contributed by atoms with Crippen molar-refractivity contribution in [1.82, 2.24) is 0 Å². The van der Waals surface area contributed by atoms with Crippen LogP contribution in [0.5, 0.6) is 17.2 Å². The third kappa shape index (κ3) is 4.02. The van der Waals surface area contributed by atoms with Gasteiger partial charge < -0.3 is 19.1 Å². The molecular weight excluding hydrogens is 370 g/mol. The lowest BCUT2D eigenvalue weighted by molar-refractivity contribution is -0.915. The highest BCUT2D eigenvalue weighted by atomic mass is 79.9. The largest absolute Gasteiger partial charge is 0.493 e. The Kier molecular flexibility index (Phi) is 5.63. The smallest absolute Gasteiger partial charge is 0.161 e. The van der Waals surface area contributed by atoms with Gasteiger partial charge in [0.25, 0.3) is 0 Å². The summed E-state index contributed by atoms with van der Waals surface area (Å²) in [4.78, 5) is 1.53. The fraction of sp³-hybridized carbons (Fsp3) is 0.368. The molecule has 2 aromatic carbocycles. The Bertz CT molecular complexity index is 688. The van der Waals surface area contributed by atoms with Crippen molar-refractivity contribution in [3.63, 3.8) is 0 Å². The predicted molar refractivity (Wildman–Crippen MR) is 97.3 cm³/mol. The maximum atomic E-state index is 5.85. The maximum Gasteiger partial charge on any atom is 0.161 e. The molecule has 0 saturated carbocycles. The summed E-state index contributed by atoms with van der Waals surface area (Å²) in [6.45, 7) is 3.83. The van der Waals surface area contributed by atoms with Gasteiger partial charge in [0, 0.05) is 16.5 Å². The highest BCUT2D eigenvalue weighted by Crippen LogP contribution is 2.31. The van der Waals surface area contributed by atoms with Crippen molar-refractivity contribution in [3.05, 3.63) is 52.0 Å². The summed E-state index contributed by atoms with van der Waals surface area (Å²) in [6, 6.07) is 12.2. The minimum absolute atomic E-state index is 0.722. The molecule has 1 N–H and O–H groups in total. The lowest BCUT2D eigenvalue weighted by atomic mass is 9.99. The molecule has 0 saturated heterocycles. The van der Waals surface area contributed by atoms with Crippen LogP contribution in [0, 0.1) is 0 Å². The minimum atomic E-state index is 0.722. The zero-order valence-electron chi connectivity index (χ0n) is 14.1.